The third-order valence-electron chi connectivity index (χ3n) is 2.69. The number of aromatic carboxylic acids is 1. The summed E-state index contributed by atoms with van der Waals surface area (Å²) in [6.07, 6.45) is 0.685. The molecule has 0 amide bonds. The average molecular weight is 350 g/mol. The van der Waals surface area contributed by atoms with Gasteiger partial charge in [0.1, 0.15) is 0 Å². The SMILES string of the molecule is CCCN(C)S(=O)(=O)c1cc(C(=O)O)cc(C)c1Br. The first kappa shape index (κ1) is 16.1. The van der Waals surface area contributed by atoms with E-state index in [2.05, 4.69) is 15.9 Å². The highest BCUT2D eigenvalue weighted by atomic mass is 79.9. The van der Waals surface area contributed by atoms with Gasteiger partial charge in [0, 0.05) is 18.1 Å². The Bertz CT molecular complexity index is 598. The van der Waals surface area contributed by atoms with Crippen LogP contribution in [0.4, 0.5) is 0 Å². The van der Waals surface area contributed by atoms with Crippen LogP contribution in [-0.4, -0.2) is 37.4 Å². The molecule has 0 aliphatic rings. The molecular formula is C12H16BrNO4S. The van der Waals surface area contributed by atoms with E-state index in [4.69, 9.17) is 5.11 Å². The molecular weight excluding hydrogens is 334 g/mol. The molecule has 7 heteroatoms. The van der Waals surface area contributed by atoms with Crippen LogP contribution in [0.1, 0.15) is 29.3 Å². The molecule has 19 heavy (non-hydrogen) atoms. The third kappa shape index (κ3) is 3.34. The highest BCUT2D eigenvalue weighted by Gasteiger charge is 2.25. The van der Waals surface area contributed by atoms with E-state index in [9.17, 15) is 13.2 Å². The number of carbonyl (C=O) groups is 1. The zero-order valence-corrected chi connectivity index (χ0v) is 13.4. The van der Waals surface area contributed by atoms with Crippen LogP contribution in [0.2, 0.25) is 0 Å². The van der Waals surface area contributed by atoms with Crippen molar-refractivity contribution in [1.29, 1.82) is 0 Å². The van der Waals surface area contributed by atoms with E-state index in [1.165, 1.54) is 23.5 Å². The summed E-state index contributed by atoms with van der Waals surface area (Å²) in [4.78, 5) is 11.0. The fourth-order valence-corrected chi connectivity index (χ4v) is 3.92. The van der Waals surface area contributed by atoms with Gasteiger partial charge < -0.3 is 5.11 Å². The second-order valence-corrected chi connectivity index (χ2v) is 7.04. The van der Waals surface area contributed by atoms with Gasteiger partial charge in [-0.1, -0.05) is 6.92 Å². The van der Waals surface area contributed by atoms with Gasteiger partial charge in [0.2, 0.25) is 10.0 Å². The molecule has 1 aromatic carbocycles. The summed E-state index contributed by atoms with van der Waals surface area (Å²) in [7, 11) is -2.21. The van der Waals surface area contributed by atoms with E-state index in [1.54, 1.807) is 6.92 Å². The molecule has 0 aliphatic heterocycles. The Hall–Kier alpha value is -0.920. The van der Waals surface area contributed by atoms with E-state index in [0.717, 1.165) is 0 Å². The molecule has 0 aliphatic carbocycles. The first-order chi connectivity index (χ1) is 8.71. The van der Waals surface area contributed by atoms with Gasteiger partial charge >= 0.3 is 5.97 Å². The molecule has 106 valence electrons. The van der Waals surface area contributed by atoms with Crippen molar-refractivity contribution in [3.05, 3.63) is 27.7 Å². The Morgan fingerprint density at radius 2 is 2.00 bits per heavy atom. The molecule has 5 nitrogen and oxygen atoms in total. The largest absolute Gasteiger partial charge is 0.478 e. The summed E-state index contributed by atoms with van der Waals surface area (Å²) in [5.41, 5.74) is 0.535. The number of carboxylic acid groups (broad SMARTS) is 1. The van der Waals surface area contributed by atoms with Gasteiger partial charge in [-0.15, -0.1) is 0 Å². The molecule has 0 aromatic heterocycles. The van der Waals surface area contributed by atoms with Crippen molar-refractivity contribution < 1.29 is 18.3 Å². The fourth-order valence-electron chi connectivity index (χ4n) is 1.65. The lowest BCUT2D eigenvalue weighted by Crippen LogP contribution is -2.28. The summed E-state index contributed by atoms with van der Waals surface area (Å²) in [5, 5.41) is 9.01. The van der Waals surface area contributed by atoms with Gasteiger partial charge in [0.05, 0.1) is 10.5 Å². The Kier molecular flexibility index (Phi) is 5.11. The molecule has 0 saturated heterocycles. The zero-order valence-electron chi connectivity index (χ0n) is 11.0. The van der Waals surface area contributed by atoms with E-state index in [0.29, 0.717) is 23.0 Å². The molecule has 0 saturated carbocycles. The summed E-state index contributed by atoms with van der Waals surface area (Å²) >= 11 is 3.22. The van der Waals surface area contributed by atoms with Gasteiger partial charge in [-0.25, -0.2) is 17.5 Å². The van der Waals surface area contributed by atoms with Crippen molar-refractivity contribution in [2.45, 2.75) is 25.2 Å². The predicted octanol–water partition coefficient (Wildman–Crippen LogP) is 2.49. The molecule has 0 heterocycles. The molecule has 0 atom stereocenters. The smallest absolute Gasteiger partial charge is 0.335 e. The summed E-state index contributed by atoms with van der Waals surface area (Å²) in [5.74, 6) is -1.15. The topological polar surface area (TPSA) is 74.7 Å². The number of halogens is 1. The van der Waals surface area contributed by atoms with Crippen molar-refractivity contribution in [3.63, 3.8) is 0 Å². The summed E-state index contributed by atoms with van der Waals surface area (Å²) < 4.78 is 26.4. The molecule has 0 unspecified atom stereocenters. The van der Waals surface area contributed by atoms with Crippen LogP contribution in [0.5, 0.6) is 0 Å². The lowest BCUT2D eigenvalue weighted by Gasteiger charge is -2.18. The maximum Gasteiger partial charge on any atom is 0.335 e. The predicted molar refractivity (Wildman–Crippen MR) is 75.9 cm³/mol. The number of nitrogens with zero attached hydrogens (tertiary/aromatic N) is 1. The minimum Gasteiger partial charge on any atom is -0.478 e. The van der Waals surface area contributed by atoms with Gasteiger partial charge in [-0.05, 0) is 47.0 Å². The highest BCUT2D eigenvalue weighted by molar-refractivity contribution is 9.10. The Balaban J connectivity index is 3.45. The van der Waals surface area contributed by atoms with Crippen LogP contribution in [0.25, 0.3) is 0 Å². The average Bonchev–Trinajstić information content (AvgIpc) is 2.32. The second-order valence-electron chi connectivity index (χ2n) is 4.24. The number of hydrogen-bond donors (Lipinski definition) is 1. The van der Waals surface area contributed by atoms with Crippen molar-refractivity contribution in [1.82, 2.24) is 4.31 Å². The fraction of sp³-hybridized carbons (Fsp3) is 0.417. The van der Waals surface area contributed by atoms with Crippen LogP contribution < -0.4 is 0 Å². The summed E-state index contributed by atoms with van der Waals surface area (Å²) in [6, 6.07) is 2.62. The number of aryl methyl sites for hydroxylation is 1. The lowest BCUT2D eigenvalue weighted by atomic mass is 10.1. The van der Waals surface area contributed by atoms with Crippen LogP contribution in [-0.2, 0) is 10.0 Å². The van der Waals surface area contributed by atoms with E-state index in [-0.39, 0.29) is 10.5 Å². The van der Waals surface area contributed by atoms with E-state index < -0.39 is 16.0 Å². The zero-order chi connectivity index (χ0) is 14.8. The van der Waals surface area contributed by atoms with Gasteiger partial charge in [-0.3, -0.25) is 0 Å². The second kappa shape index (κ2) is 6.02. The number of carboxylic acids is 1. The van der Waals surface area contributed by atoms with Gasteiger partial charge in [0.15, 0.2) is 0 Å². The number of rotatable bonds is 5. The molecule has 1 rings (SSSR count). The first-order valence-corrected chi connectivity index (χ1v) is 7.95. The molecule has 0 fully saturated rings. The molecule has 0 bridgehead atoms. The molecule has 0 spiro atoms. The molecule has 1 aromatic rings. The van der Waals surface area contributed by atoms with Crippen LogP contribution in [0, 0.1) is 6.92 Å². The van der Waals surface area contributed by atoms with Gasteiger partial charge in [-0.2, -0.15) is 0 Å². The van der Waals surface area contributed by atoms with Crippen molar-refractivity contribution >= 4 is 31.9 Å². The van der Waals surface area contributed by atoms with Crippen molar-refractivity contribution in [3.8, 4) is 0 Å². The van der Waals surface area contributed by atoms with Crippen LogP contribution in [0.15, 0.2) is 21.5 Å². The van der Waals surface area contributed by atoms with Crippen LogP contribution in [0.3, 0.4) is 0 Å². The Labute approximate surface area is 121 Å². The maximum absolute atomic E-state index is 12.4. The first-order valence-electron chi connectivity index (χ1n) is 5.71. The van der Waals surface area contributed by atoms with Crippen molar-refractivity contribution in [2.75, 3.05) is 13.6 Å². The van der Waals surface area contributed by atoms with E-state index >= 15 is 0 Å². The lowest BCUT2D eigenvalue weighted by molar-refractivity contribution is 0.0696. The quantitative estimate of drug-likeness (QED) is 0.885. The maximum atomic E-state index is 12.4. The normalized spacial score (nSPS) is 11.8. The minimum atomic E-state index is -3.69. The van der Waals surface area contributed by atoms with Crippen molar-refractivity contribution in [2.24, 2.45) is 0 Å². The Morgan fingerprint density at radius 3 is 2.47 bits per heavy atom. The number of hydrogen-bond acceptors (Lipinski definition) is 3. The highest BCUT2D eigenvalue weighted by Crippen LogP contribution is 2.29. The van der Waals surface area contributed by atoms with E-state index in [1.807, 2.05) is 6.92 Å². The van der Waals surface area contributed by atoms with Crippen LogP contribution >= 0.6 is 15.9 Å². The summed E-state index contributed by atoms with van der Waals surface area (Å²) in [6.45, 7) is 3.92. The Morgan fingerprint density at radius 1 is 1.42 bits per heavy atom. The minimum absolute atomic E-state index is 0.0131. The molecule has 1 N–H and O–H groups in total. The monoisotopic (exact) mass is 349 g/mol. The third-order valence-corrected chi connectivity index (χ3v) is 5.89. The number of benzene rings is 1. The van der Waals surface area contributed by atoms with Gasteiger partial charge in [0.25, 0.3) is 0 Å². The molecule has 0 radical (unpaired) electrons. The standard InChI is InChI=1S/C12H16BrNO4S/c1-4-5-14(3)19(17,18)10-7-9(12(15)16)6-8(2)11(10)13/h6-7H,4-5H2,1-3H3,(H,15,16). The number of sulfonamides is 1.